The van der Waals surface area contributed by atoms with E-state index in [9.17, 15) is 19.1 Å². The summed E-state index contributed by atoms with van der Waals surface area (Å²) in [5, 5.41) is 12.1. The number of carboxylic acids is 1. The molecule has 1 unspecified atom stereocenters. The highest BCUT2D eigenvalue weighted by molar-refractivity contribution is 5.97. The lowest BCUT2D eigenvalue weighted by molar-refractivity contribution is -0.138. The van der Waals surface area contributed by atoms with E-state index in [1.807, 2.05) is 13.8 Å². The highest BCUT2D eigenvalue weighted by Gasteiger charge is 2.22. The number of ether oxygens (including phenoxy) is 2. The van der Waals surface area contributed by atoms with Gasteiger partial charge in [-0.3, -0.25) is 9.59 Å². The highest BCUT2D eigenvalue weighted by atomic mass is 19.1. The molecule has 0 saturated carbocycles. The predicted molar refractivity (Wildman–Crippen MR) is 102 cm³/mol. The molecular formula is C21H24FNO5. The lowest BCUT2D eigenvalue weighted by Gasteiger charge is -2.16. The molecule has 0 aromatic heterocycles. The first kappa shape index (κ1) is 21.2. The molecule has 0 heterocycles. The van der Waals surface area contributed by atoms with Crippen molar-refractivity contribution in [3.8, 4) is 11.5 Å². The summed E-state index contributed by atoms with van der Waals surface area (Å²) >= 11 is 0. The quantitative estimate of drug-likeness (QED) is 0.686. The maximum Gasteiger partial charge on any atom is 0.312 e. The van der Waals surface area contributed by atoms with Crippen LogP contribution in [0.4, 0.5) is 4.39 Å². The Hall–Kier alpha value is -3.09. The van der Waals surface area contributed by atoms with Gasteiger partial charge in [0.2, 0.25) is 0 Å². The smallest absolute Gasteiger partial charge is 0.312 e. The summed E-state index contributed by atoms with van der Waals surface area (Å²) in [6.07, 6.45) is 0. The third-order valence-electron chi connectivity index (χ3n) is 4.04. The topological polar surface area (TPSA) is 84.9 Å². The number of amides is 1. The van der Waals surface area contributed by atoms with E-state index in [1.165, 1.54) is 31.4 Å². The second kappa shape index (κ2) is 9.73. The number of halogens is 1. The zero-order chi connectivity index (χ0) is 20.7. The van der Waals surface area contributed by atoms with E-state index < -0.39 is 23.6 Å². The van der Waals surface area contributed by atoms with Crippen molar-refractivity contribution in [3.05, 3.63) is 59.4 Å². The van der Waals surface area contributed by atoms with Gasteiger partial charge >= 0.3 is 5.97 Å². The van der Waals surface area contributed by atoms with E-state index in [2.05, 4.69) is 5.32 Å². The minimum atomic E-state index is -1.11. The van der Waals surface area contributed by atoms with E-state index >= 15 is 0 Å². The Morgan fingerprint density at radius 3 is 2.39 bits per heavy atom. The van der Waals surface area contributed by atoms with Crippen LogP contribution in [0.15, 0.2) is 42.5 Å². The predicted octanol–water partition coefficient (Wildman–Crippen LogP) is 3.47. The molecule has 0 bridgehead atoms. The van der Waals surface area contributed by atoms with Crippen molar-refractivity contribution in [1.82, 2.24) is 5.32 Å². The molecule has 2 N–H and O–H groups in total. The first-order valence-electron chi connectivity index (χ1n) is 8.89. The molecular weight excluding hydrogens is 365 g/mol. The van der Waals surface area contributed by atoms with Gasteiger partial charge in [-0.1, -0.05) is 26.0 Å². The van der Waals surface area contributed by atoms with Gasteiger partial charge in [-0.15, -0.1) is 0 Å². The summed E-state index contributed by atoms with van der Waals surface area (Å²) in [4.78, 5) is 24.2. The number of carboxylic acid groups (broad SMARTS) is 1. The number of aliphatic carboxylic acids is 1. The zero-order valence-corrected chi connectivity index (χ0v) is 16.1. The number of hydrogen-bond donors (Lipinski definition) is 2. The largest absolute Gasteiger partial charge is 0.497 e. The van der Waals surface area contributed by atoms with Crippen molar-refractivity contribution < 1.29 is 28.6 Å². The van der Waals surface area contributed by atoms with Crippen LogP contribution in [-0.2, 0) is 4.79 Å². The minimum Gasteiger partial charge on any atom is -0.497 e. The molecule has 0 fully saturated rings. The number of carbonyl (C=O) groups is 2. The average molecular weight is 389 g/mol. The molecule has 1 amide bonds. The summed E-state index contributed by atoms with van der Waals surface area (Å²) in [6, 6.07) is 9.98. The van der Waals surface area contributed by atoms with Crippen LogP contribution in [0.3, 0.4) is 0 Å². The summed E-state index contributed by atoms with van der Waals surface area (Å²) in [6.45, 7) is 4.25. The summed E-state index contributed by atoms with van der Waals surface area (Å²) in [7, 11) is 1.52. The van der Waals surface area contributed by atoms with Crippen molar-refractivity contribution in [2.75, 3.05) is 20.3 Å². The van der Waals surface area contributed by atoms with Crippen molar-refractivity contribution >= 4 is 11.9 Å². The van der Waals surface area contributed by atoms with E-state index in [4.69, 9.17) is 9.47 Å². The normalized spacial score (nSPS) is 11.8. The lowest BCUT2D eigenvalue weighted by Crippen LogP contribution is -2.32. The van der Waals surface area contributed by atoms with Crippen LogP contribution in [0.5, 0.6) is 11.5 Å². The molecule has 0 aliphatic carbocycles. The molecule has 0 saturated heterocycles. The third-order valence-corrected chi connectivity index (χ3v) is 4.04. The fourth-order valence-electron chi connectivity index (χ4n) is 2.53. The molecule has 150 valence electrons. The molecule has 28 heavy (non-hydrogen) atoms. The Morgan fingerprint density at radius 2 is 1.82 bits per heavy atom. The number of hydrogen-bond acceptors (Lipinski definition) is 4. The Kier molecular flexibility index (Phi) is 7.37. The van der Waals surface area contributed by atoms with Gasteiger partial charge in [0.05, 0.1) is 25.2 Å². The molecule has 1 atom stereocenters. The van der Waals surface area contributed by atoms with Gasteiger partial charge in [0, 0.05) is 12.6 Å². The van der Waals surface area contributed by atoms with Gasteiger partial charge < -0.3 is 19.9 Å². The number of benzene rings is 2. The minimum absolute atomic E-state index is 0.143. The molecule has 2 rings (SSSR count). The number of carbonyl (C=O) groups excluding carboxylic acids is 1. The Balaban J connectivity index is 2.16. The second-order valence-corrected chi connectivity index (χ2v) is 6.72. The van der Waals surface area contributed by atoms with Gasteiger partial charge in [0.1, 0.15) is 17.3 Å². The van der Waals surface area contributed by atoms with E-state index in [0.29, 0.717) is 23.7 Å². The Bertz CT molecular complexity index is 820. The van der Waals surface area contributed by atoms with Crippen molar-refractivity contribution in [2.24, 2.45) is 5.92 Å². The zero-order valence-electron chi connectivity index (χ0n) is 16.1. The average Bonchev–Trinajstić information content (AvgIpc) is 2.67. The van der Waals surface area contributed by atoms with Crippen LogP contribution in [0, 0.1) is 11.7 Å². The number of rotatable bonds is 9. The molecule has 7 heteroatoms. The lowest BCUT2D eigenvalue weighted by atomic mass is 9.99. The molecule has 2 aromatic rings. The van der Waals surface area contributed by atoms with Crippen molar-refractivity contribution in [1.29, 1.82) is 0 Å². The summed E-state index contributed by atoms with van der Waals surface area (Å²) < 4.78 is 24.0. The second-order valence-electron chi connectivity index (χ2n) is 6.72. The molecule has 2 aromatic carbocycles. The van der Waals surface area contributed by atoms with Crippen LogP contribution in [-0.4, -0.2) is 37.2 Å². The molecule has 0 radical (unpaired) electrons. The van der Waals surface area contributed by atoms with Crippen LogP contribution >= 0.6 is 0 Å². The summed E-state index contributed by atoms with van der Waals surface area (Å²) in [5.74, 6) is -1.86. The standard InChI is InChI=1S/C21H24FNO5/c1-13(2)12-28-19-10-16(27-3)8-9-17(19)20(24)23-11-18(21(25)26)14-4-6-15(22)7-5-14/h4-10,13,18H,11-12H2,1-3H3,(H,23,24)(H,25,26). The van der Waals surface area contributed by atoms with E-state index in [0.717, 1.165) is 0 Å². The van der Waals surface area contributed by atoms with Crippen molar-refractivity contribution in [3.63, 3.8) is 0 Å². The maximum absolute atomic E-state index is 13.1. The Labute approximate surface area is 163 Å². The van der Waals surface area contributed by atoms with Crippen LogP contribution < -0.4 is 14.8 Å². The molecule has 6 nitrogen and oxygen atoms in total. The first-order valence-corrected chi connectivity index (χ1v) is 8.89. The van der Waals surface area contributed by atoms with Gasteiger partial charge in [-0.25, -0.2) is 4.39 Å². The van der Waals surface area contributed by atoms with Gasteiger partial charge in [0.25, 0.3) is 5.91 Å². The monoisotopic (exact) mass is 389 g/mol. The molecule has 0 aliphatic rings. The SMILES string of the molecule is COc1ccc(C(=O)NCC(C(=O)O)c2ccc(F)cc2)c(OCC(C)C)c1. The first-order chi connectivity index (χ1) is 13.3. The van der Waals surface area contributed by atoms with Gasteiger partial charge in [0.15, 0.2) is 0 Å². The van der Waals surface area contributed by atoms with Gasteiger partial charge in [-0.05, 0) is 35.7 Å². The number of methoxy groups -OCH3 is 1. The third kappa shape index (κ3) is 5.70. The fourth-order valence-corrected chi connectivity index (χ4v) is 2.53. The fraction of sp³-hybridized carbons (Fsp3) is 0.333. The Morgan fingerprint density at radius 1 is 1.14 bits per heavy atom. The van der Waals surface area contributed by atoms with Crippen LogP contribution in [0.1, 0.15) is 35.7 Å². The molecule has 0 aliphatic heterocycles. The summed E-state index contributed by atoms with van der Waals surface area (Å²) in [5.41, 5.74) is 0.685. The van der Waals surface area contributed by atoms with Gasteiger partial charge in [-0.2, -0.15) is 0 Å². The number of nitrogens with one attached hydrogen (secondary N) is 1. The van der Waals surface area contributed by atoms with E-state index in [-0.39, 0.29) is 18.0 Å². The highest BCUT2D eigenvalue weighted by Crippen LogP contribution is 2.26. The van der Waals surface area contributed by atoms with Crippen LogP contribution in [0.2, 0.25) is 0 Å². The van der Waals surface area contributed by atoms with E-state index in [1.54, 1.807) is 18.2 Å². The van der Waals surface area contributed by atoms with Crippen LogP contribution in [0.25, 0.3) is 0 Å². The maximum atomic E-state index is 13.1. The molecule has 0 spiro atoms. The van der Waals surface area contributed by atoms with Crippen molar-refractivity contribution in [2.45, 2.75) is 19.8 Å².